The molecule has 0 bridgehead atoms. The second kappa shape index (κ2) is 5.56. The number of hydrogen-bond acceptors (Lipinski definition) is 2. The van der Waals surface area contributed by atoms with Crippen LogP contribution in [0.2, 0.25) is 5.02 Å². The van der Waals surface area contributed by atoms with Gasteiger partial charge in [0, 0.05) is 5.69 Å². The highest BCUT2D eigenvalue weighted by atomic mass is 35.5. The number of para-hydroxylation sites is 1. The third kappa shape index (κ3) is 3.12. The molecular formula is C17H17ClN2. The van der Waals surface area contributed by atoms with Crippen molar-refractivity contribution in [3.63, 3.8) is 0 Å². The summed E-state index contributed by atoms with van der Waals surface area (Å²) < 4.78 is 0. The standard InChI is InChI=1S/C17H17ClN2/c1-17(2,3)13-6-4-5-7-15(13)20-16-9-8-12(11-19)10-14(16)18/h4-10,20H,1-3H3. The van der Waals surface area contributed by atoms with Gasteiger partial charge in [-0.25, -0.2) is 0 Å². The maximum atomic E-state index is 8.86. The molecule has 0 saturated heterocycles. The highest BCUT2D eigenvalue weighted by Crippen LogP contribution is 2.33. The highest BCUT2D eigenvalue weighted by molar-refractivity contribution is 6.33. The van der Waals surface area contributed by atoms with E-state index in [1.165, 1.54) is 5.56 Å². The Morgan fingerprint density at radius 1 is 1.05 bits per heavy atom. The molecule has 0 fully saturated rings. The molecule has 0 aliphatic heterocycles. The molecule has 0 radical (unpaired) electrons. The van der Waals surface area contributed by atoms with Crippen LogP contribution in [0.1, 0.15) is 31.9 Å². The van der Waals surface area contributed by atoms with E-state index in [-0.39, 0.29) is 5.41 Å². The molecule has 2 aromatic carbocycles. The van der Waals surface area contributed by atoms with Crippen molar-refractivity contribution in [2.24, 2.45) is 0 Å². The average Bonchev–Trinajstić information content (AvgIpc) is 2.40. The van der Waals surface area contributed by atoms with Crippen LogP contribution in [-0.2, 0) is 5.41 Å². The Kier molecular flexibility index (Phi) is 4.01. The van der Waals surface area contributed by atoms with E-state index >= 15 is 0 Å². The van der Waals surface area contributed by atoms with Crippen LogP contribution in [0.3, 0.4) is 0 Å². The third-order valence-corrected chi connectivity index (χ3v) is 3.42. The first-order valence-corrected chi connectivity index (χ1v) is 6.86. The fraction of sp³-hybridized carbons (Fsp3) is 0.235. The van der Waals surface area contributed by atoms with Crippen LogP contribution in [-0.4, -0.2) is 0 Å². The molecule has 0 saturated carbocycles. The summed E-state index contributed by atoms with van der Waals surface area (Å²) in [5.74, 6) is 0. The second-order valence-electron chi connectivity index (χ2n) is 5.73. The lowest BCUT2D eigenvalue weighted by atomic mass is 9.86. The predicted molar refractivity (Wildman–Crippen MR) is 84.6 cm³/mol. The van der Waals surface area contributed by atoms with Gasteiger partial charge in [0.15, 0.2) is 0 Å². The van der Waals surface area contributed by atoms with Crippen LogP contribution < -0.4 is 5.32 Å². The smallest absolute Gasteiger partial charge is 0.0992 e. The maximum Gasteiger partial charge on any atom is 0.0992 e. The number of nitrogens with zero attached hydrogens (tertiary/aromatic N) is 1. The van der Waals surface area contributed by atoms with Crippen molar-refractivity contribution in [2.45, 2.75) is 26.2 Å². The van der Waals surface area contributed by atoms with E-state index in [1.54, 1.807) is 12.1 Å². The van der Waals surface area contributed by atoms with Crippen LogP contribution >= 0.6 is 11.6 Å². The van der Waals surface area contributed by atoms with Gasteiger partial charge in [-0.3, -0.25) is 0 Å². The molecule has 0 aliphatic rings. The summed E-state index contributed by atoms with van der Waals surface area (Å²) in [6.07, 6.45) is 0. The molecule has 0 spiro atoms. The summed E-state index contributed by atoms with van der Waals surface area (Å²) in [5.41, 5.74) is 3.67. The number of halogens is 1. The van der Waals surface area contributed by atoms with Gasteiger partial charge in [0.05, 0.1) is 22.3 Å². The third-order valence-electron chi connectivity index (χ3n) is 3.10. The summed E-state index contributed by atoms with van der Waals surface area (Å²) in [5, 5.41) is 12.8. The Hall–Kier alpha value is -1.98. The first-order valence-electron chi connectivity index (χ1n) is 6.48. The molecule has 2 aromatic rings. The fourth-order valence-corrected chi connectivity index (χ4v) is 2.31. The molecule has 20 heavy (non-hydrogen) atoms. The zero-order valence-electron chi connectivity index (χ0n) is 11.9. The Morgan fingerprint density at radius 3 is 2.35 bits per heavy atom. The van der Waals surface area contributed by atoms with Crippen molar-refractivity contribution in [1.29, 1.82) is 5.26 Å². The molecule has 0 unspecified atom stereocenters. The summed E-state index contributed by atoms with van der Waals surface area (Å²) in [6.45, 7) is 6.52. The van der Waals surface area contributed by atoms with Gasteiger partial charge >= 0.3 is 0 Å². The second-order valence-corrected chi connectivity index (χ2v) is 6.13. The number of anilines is 2. The van der Waals surface area contributed by atoms with Crippen LogP contribution in [0.5, 0.6) is 0 Å². The van der Waals surface area contributed by atoms with Crippen molar-refractivity contribution in [3.8, 4) is 6.07 Å². The molecule has 2 nitrogen and oxygen atoms in total. The molecule has 2 rings (SSSR count). The van der Waals surface area contributed by atoms with Crippen molar-refractivity contribution < 1.29 is 0 Å². The summed E-state index contributed by atoms with van der Waals surface area (Å²) >= 11 is 6.21. The van der Waals surface area contributed by atoms with Gasteiger partial charge < -0.3 is 5.32 Å². The highest BCUT2D eigenvalue weighted by Gasteiger charge is 2.17. The Labute approximate surface area is 125 Å². The van der Waals surface area contributed by atoms with Crippen molar-refractivity contribution in [3.05, 3.63) is 58.6 Å². The zero-order chi connectivity index (χ0) is 14.8. The topological polar surface area (TPSA) is 35.8 Å². The Balaban J connectivity index is 2.39. The summed E-state index contributed by atoms with van der Waals surface area (Å²) in [7, 11) is 0. The minimum Gasteiger partial charge on any atom is -0.354 e. The van der Waals surface area contributed by atoms with E-state index in [0.717, 1.165) is 11.4 Å². The zero-order valence-corrected chi connectivity index (χ0v) is 12.6. The molecule has 0 amide bonds. The molecule has 3 heteroatoms. The minimum absolute atomic E-state index is 0.0443. The molecule has 0 atom stereocenters. The molecule has 0 heterocycles. The summed E-state index contributed by atoms with van der Waals surface area (Å²) in [6, 6.07) is 15.5. The van der Waals surface area contributed by atoms with E-state index < -0.39 is 0 Å². The number of benzene rings is 2. The van der Waals surface area contributed by atoms with E-state index in [2.05, 4.69) is 38.2 Å². The number of rotatable bonds is 2. The molecule has 0 aliphatic carbocycles. The van der Waals surface area contributed by atoms with Crippen molar-refractivity contribution >= 4 is 23.0 Å². The van der Waals surface area contributed by atoms with Gasteiger partial charge in [0.25, 0.3) is 0 Å². The quantitative estimate of drug-likeness (QED) is 0.817. The van der Waals surface area contributed by atoms with Crippen LogP contribution in [0.15, 0.2) is 42.5 Å². The van der Waals surface area contributed by atoms with Crippen LogP contribution in [0.25, 0.3) is 0 Å². The van der Waals surface area contributed by atoms with Crippen molar-refractivity contribution in [1.82, 2.24) is 0 Å². The minimum atomic E-state index is 0.0443. The fourth-order valence-electron chi connectivity index (χ4n) is 2.08. The van der Waals surface area contributed by atoms with Crippen LogP contribution in [0.4, 0.5) is 11.4 Å². The lowest BCUT2D eigenvalue weighted by molar-refractivity contribution is 0.592. The van der Waals surface area contributed by atoms with E-state index in [9.17, 15) is 0 Å². The SMILES string of the molecule is CC(C)(C)c1ccccc1Nc1ccc(C#N)cc1Cl. The number of nitriles is 1. The van der Waals surface area contributed by atoms with E-state index in [0.29, 0.717) is 10.6 Å². The molecular weight excluding hydrogens is 268 g/mol. The number of hydrogen-bond donors (Lipinski definition) is 1. The first kappa shape index (κ1) is 14.4. The Morgan fingerprint density at radius 2 is 1.75 bits per heavy atom. The maximum absolute atomic E-state index is 8.86. The normalized spacial score (nSPS) is 10.9. The van der Waals surface area contributed by atoms with Gasteiger partial charge in [-0.1, -0.05) is 50.6 Å². The molecule has 1 N–H and O–H groups in total. The van der Waals surface area contributed by atoms with Crippen LogP contribution in [0, 0.1) is 11.3 Å². The van der Waals surface area contributed by atoms with E-state index in [4.69, 9.17) is 16.9 Å². The lowest BCUT2D eigenvalue weighted by Gasteiger charge is -2.23. The van der Waals surface area contributed by atoms with Gasteiger partial charge in [0.1, 0.15) is 0 Å². The Bertz CT molecular complexity index is 663. The first-order chi connectivity index (χ1) is 9.41. The predicted octanol–water partition coefficient (Wildman–Crippen LogP) is 5.25. The van der Waals surface area contributed by atoms with Gasteiger partial charge in [-0.15, -0.1) is 0 Å². The monoisotopic (exact) mass is 284 g/mol. The largest absolute Gasteiger partial charge is 0.354 e. The van der Waals surface area contributed by atoms with Crippen molar-refractivity contribution in [2.75, 3.05) is 5.32 Å². The average molecular weight is 285 g/mol. The number of nitrogens with one attached hydrogen (secondary N) is 1. The molecule has 0 aromatic heterocycles. The van der Waals surface area contributed by atoms with Gasteiger partial charge in [-0.05, 0) is 35.2 Å². The van der Waals surface area contributed by atoms with Gasteiger partial charge in [0.2, 0.25) is 0 Å². The van der Waals surface area contributed by atoms with Gasteiger partial charge in [-0.2, -0.15) is 5.26 Å². The molecule has 102 valence electrons. The summed E-state index contributed by atoms with van der Waals surface area (Å²) in [4.78, 5) is 0. The lowest BCUT2D eigenvalue weighted by Crippen LogP contribution is -2.13. The van der Waals surface area contributed by atoms with E-state index in [1.807, 2.05) is 24.3 Å².